The van der Waals surface area contributed by atoms with E-state index in [4.69, 9.17) is 16.6 Å². The second kappa shape index (κ2) is 10.5. The zero-order valence-corrected chi connectivity index (χ0v) is 24.3. The number of amides is 1. The summed E-state index contributed by atoms with van der Waals surface area (Å²) in [6, 6.07) is 5.51. The standard InChI is InChI=1S/C29H31ClN6O2S/c1-7-23(37)34-13-19(6)35(14-18(34)5)27-21-12-22(30)25(20-9-11-39-15-20)32-28(21)36(29(38)33-27)26-17(4)8-10-31-24(26)16(2)3/h7-12,15-16,18-19H,1,13-14H2,2-6H3/t18-,19+/m1/s1. The van der Waals surface area contributed by atoms with E-state index in [1.54, 1.807) is 27.0 Å². The van der Waals surface area contributed by atoms with Crippen LogP contribution in [0.25, 0.3) is 28.0 Å². The van der Waals surface area contributed by atoms with Crippen molar-refractivity contribution < 1.29 is 4.79 Å². The molecule has 1 fully saturated rings. The molecule has 0 unspecified atom stereocenters. The molecule has 0 spiro atoms. The SMILES string of the molecule is C=CC(=O)N1C[C@H](C)N(c2nc(=O)n(-c3c(C)ccnc3C(C)C)c3nc(-c4ccsc4)c(Cl)cc23)C[C@H]1C. The van der Waals surface area contributed by atoms with Gasteiger partial charge in [-0.1, -0.05) is 32.0 Å². The van der Waals surface area contributed by atoms with E-state index in [1.807, 2.05) is 49.7 Å². The molecule has 10 heteroatoms. The maximum absolute atomic E-state index is 14.0. The molecule has 8 nitrogen and oxygen atoms in total. The van der Waals surface area contributed by atoms with Crippen molar-refractivity contribution in [2.24, 2.45) is 0 Å². The average Bonchev–Trinajstić information content (AvgIpc) is 3.44. The molecule has 2 atom stereocenters. The van der Waals surface area contributed by atoms with Crippen LogP contribution in [0.4, 0.5) is 5.82 Å². The molecule has 202 valence electrons. The van der Waals surface area contributed by atoms with Gasteiger partial charge in [-0.05, 0) is 61.9 Å². The first kappa shape index (κ1) is 27.0. The maximum Gasteiger partial charge on any atom is 0.355 e. The molecule has 4 aromatic rings. The second-order valence-electron chi connectivity index (χ2n) is 10.3. The minimum Gasteiger partial charge on any atom is -0.349 e. The van der Waals surface area contributed by atoms with E-state index in [9.17, 15) is 9.59 Å². The number of halogens is 1. The number of hydrogen-bond acceptors (Lipinski definition) is 7. The summed E-state index contributed by atoms with van der Waals surface area (Å²) in [5, 5.41) is 5.10. The van der Waals surface area contributed by atoms with Gasteiger partial charge in [-0.25, -0.2) is 14.3 Å². The predicted octanol–water partition coefficient (Wildman–Crippen LogP) is 5.60. The zero-order valence-electron chi connectivity index (χ0n) is 22.7. The molecule has 1 amide bonds. The second-order valence-corrected chi connectivity index (χ2v) is 11.5. The highest BCUT2D eigenvalue weighted by molar-refractivity contribution is 7.08. The molecule has 0 aliphatic carbocycles. The van der Waals surface area contributed by atoms with Gasteiger partial charge >= 0.3 is 5.69 Å². The van der Waals surface area contributed by atoms with Gasteiger partial charge < -0.3 is 9.80 Å². The monoisotopic (exact) mass is 562 g/mol. The normalized spacial score (nSPS) is 17.7. The summed E-state index contributed by atoms with van der Waals surface area (Å²) in [5.74, 6) is 0.470. The quantitative estimate of drug-likeness (QED) is 0.294. The molecule has 0 aromatic carbocycles. The van der Waals surface area contributed by atoms with E-state index in [-0.39, 0.29) is 23.9 Å². The Balaban J connectivity index is 1.80. The van der Waals surface area contributed by atoms with Crippen LogP contribution in [0, 0.1) is 6.92 Å². The number of rotatable bonds is 5. The van der Waals surface area contributed by atoms with Crippen molar-refractivity contribution in [1.82, 2.24) is 24.4 Å². The lowest BCUT2D eigenvalue weighted by Crippen LogP contribution is -2.58. The van der Waals surface area contributed by atoms with Gasteiger partial charge in [0.1, 0.15) is 5.82 Å². The number of carbonyl (C=O) groups excluding carboxylic acids is 1. The molecular formula is C29H31ClN6O2S. The van der Waals surface area contributed by atoms with Gasteiger partial charge in [0.05, 0.1) is 27.5 Å². The lowest BCUT2D eigenvalue weighted by molar-refractivity contribution is -0.128. The summed E-state index contributed by atoms with van der Waals surface area (Å²) in [7, 11) is 0. The van der Waals surface area contributed by atoms with Crippen LogP contribution >= 0.6 is 22.9 Å². The van der Waals surface area contributed by atoms with Crippen molar-refractivity contribution in [3.63, 3.8) is 0 Å². The van der Waals surface area contributed by atoms with E-state index in [0.29, 0.717) is 46.3 Å². The number of hydrogen-bond donors (Lipinski definition) is 0. The van der Waals surface area contributed by atoms with Crippen LogP contribution in [0.15, 0.2) is 52.6 Å². The molecule has 4 aromatic heterocycles. The number of pyridine rings is 2. The smallest absolute Gasteiger partial charge is 0.349 e. The minimum atomic E-state index is -0.439. The first-order valence-electron chi connectivity index (χ1n) is 12.9. The number of aryl methyl sites for hydroxylation is 1. The third-order valence-corrected chi connectivity index (χ3v) is 8.21. The van der Waals surface area contributed by atoms with E-state index in [1.165, 1.54) is 6.08 Å². The molecule has 1 saturated heterocycles. The number of piperazine rings is 1. The average molecular weight is 563 g/mol. The van der Waals surface area contributed by atoms with Crippen molar-refractivity contribution >= 4 is 45.7 Å². The number of carbonyl (C=O) groups is 1. The van der Waals surface area contributed by atoms with Crippen LogP contribution < -0.4 is 10.6 Å². The Hall–Kier alpha value is -3.56. The highest BCUT2D eigenvalue weighted by atomic mass is 35.5. The summed E-state index contributed by atoms with van der Waals surface area (Å²) in [6.07, 6.45) is 3.10. The Morgan fingerprint density at radius 3 is 2.64 bits per heavy atom. The van der Waals surface area contributed by atoms with E-state index in [0.717, 1.165) is 16.8 Å². The molecule has 1 aliphatic rings. The van der Waals surface area contributed by atoms with Crippen molar-refractivity contribution in [2.75, 3.05) is 18.0 Å². The van der Waals surface area contributed by atoms with Gasteiger partial charge in [0.2, 0.25) is 5.91 Å². The molecule has 5 heterocycles. The minimum absolute atomic E-state index is 0.0708. The van der Waals surface area contributed by atoms with E-state index >= 15 is 0 Å². The van der Waals surface area contributed by atoms with Crippen LogP contribution in [0.5, 0.6) is 0 Å². The summed E-state index contributed by atoms with van der Waals surface area (Å²) >= 11 is 8.39. The lowest BCUT2D eigenvalue weighted by atomic mass is 10.0. The van der Waals surface area contributed by atoms with Gasteiger partial charge in [-0.15, -0.1) is 0 Å². The Bertz CT molecular complexity index is 1630. The number of fused-ring (bicyclic) bond motifs is 1. The van der Waals surface area contributed by atoms with Crippen molar-refractivity contribution in [2.45, 2.75) is 52.6 Å². The maximum atomic E-state index is 14.0. The predicted molar refractivity (Wildman–Crippen MR) is 158 cm³/mol. The highest BCUT2D eigenvalue weighted by Crippen LogP contribution is 2.36. The van der Waals surface area contributed by atoms with Crippen LogP contribution in [0.3, 0.4) is 0 Å². The van der Waals surface area contributed by atoms with Crippen molar-refractivity contribution in [3.8, 4) is 16.9 Å². The van der Waals surface area contributed by atoms with Gasteiger partial charge in [-0.3, -0.25) is 9.78 Å². The van der Waals surface area contributed by atoms with Gasteiger partial charge in [0.25, 0.3) is 0 Å². The van der Waals surface area contributed by atoms with Gasteiger partial charge in [0.15, 0.2) is 5.65 Å². The Morgan fingerprint density at radius 1 is 1.21 bits per heavy atom. The molecule has 0 N–H and O–H groups in total. The number of aromatic nitrogens is 4. The Labute approximate surface area is 236 Å². The zero-order chi connectivity index (χ0) is 28.0. The molecular weight excluding hydrogens is 532 g/mol. The fraction of sp³-hybridized carbons (Fsp3) is 0.345. The van der Waals surface area contributed by atoms with Crippen LogP contribution in [0.2, 0.25) is 5.02 Å². The lowest BCUT2D eigenvalue weighted by Gasteiger charge is -2.44. The van der Waals surface area contributed by atoms with Gasteiger partial charge in [-0.2, -0.15) is 16.3 Å². The topological polar surface area (TPSA) is 84.2 Å². The van der Waals surface area contributed by atoms with Crippen molar-refractivity contribution in [3.05, 3.63) is 74.6 Å². The summed E-state index contributed by atoms with van der Waals surface area (Å²) in [4.78, 5) is 44.6. The van der Waals surface area contributed by atoms with E-state index in [2.05, 4.69) is 35.3 Å². The Morgan fingerprint density at radius 2 is 1.97 bits per heavy atom. The number of nitrogens with zero attached hydrogens (tertiary/aromatic N) is 6. The van der Waals surface area contributed by atoms with Crippen LogP contribution in [-0.4, -0.2) is 55.5 Å². The van der Waals surface area contributed by atoms with Gasteiger partial charge in [0, 0.05) is 42.3 Å². The summed E-state index contributed by atoms with van der Waals surface area (Å²) < 4.78 is 1.58. The number of thiophene rings is 1. The third-order valence-electron chi connectivity index (χ3n) is 7.24. The molecule has 0 bridgehead atoms. The molecule has 5 rings (SSSR count). The summed E-state index contributed by atoms with van der Waals surface area (Å²) in [6.45, 7) is 14.7. The summed E-state index contributed by atoms with van der Waals surface area (Å²) in [5.41, 5.74) is 3.90. The Kier molecular flexibility index (Phi) is 7.31. The highest BCUT2D eigenvalue weighted by Gasteiger charge is 2.34. The molecule has 1 aliphatic heterocycles. The van der Waals surface area contributed by atoms with Crippen LogP contribution in [-0.2, 0) is 4.79 Å². The van der Waals surface area contributed by atoms with E-state index < -0.39 is 5.69 Å². The largest absolute Gasteiger partial charge is 0.355 e. The van der Waals surface area contributed by atoms with Crippen LogP contribution in [0.1, 0.15) is 44.9 Å². The first-order chi connectivity index (χ1) is 18.6. The molecule has 0 radical (unpaired) electrons. The fourth-order valence-corrected chi connectivity index (χ4v) is 6.16. The molecule has 39 heavy (non-hydrogen) atoms. The van der Waals surface area contributed by atoms with Crippen molar-refractivity contribution in [1.29, 1.82) is 0 Å². The first-order valence-corrected chi connectivity index (χ1v) is 14.3. The number of anilines is 1. The fourth-order valence-electron chi connectivity index (χ4n) is 5.26. The molecule has 0 saturated carbocycles. The third kappa shape index (κ3) is 4.74.